The Bertz CT molecular complexity index is 611. The second-order valence-corrected chi connectivity index (χ2v) is 4.65. The molecule has 96 valence electrons. The molecule has 1 N–H and O–H groups in total. The quantitative estimate of drug-likeness (QED) is 0.877. The molecule has 0 aliphatic heterocycles. The van der Waals surface area contributed by atoms with E-state index >= 15 is 0 Å². The van der Waals surface area contributed by atoms with Gasteiger partial charge in [0.1, 0.15) is 11.6 Å². The number of hydrogen-bond donors (Lipinski definition) is 1. The van der Waals surface area contributed by atoms with Gasteiger partial charge in [-0.25, -0.2) is 9.37 Å². The van der Waals surface area contributed by atoms with Crippen molar-refractivity contribution in [2.75, 3.05) is 5.32 Å². The molecule has 0 radical (unpaired) electrons. The van der Waals surface area contributed by atoms with Crippen LogP contribution in [0.4, 0.5) is 10.2 Å². The highest BCUT2D eigenvalue weighted by Crippen LogP contribution is 2.10. The van der Waals surface area contributed by atoms with Crippen LogP contribution in [0.15, 0.2) is 53.1 Å². The number of carbonyl (C=O) groups is 1. The fourth-order valence-electron chi connectivity index (χ4n) is 1.40. The second-order valence-electron chi connectivity index (χ2n) is 3.74. The summed E-state index contributed by atoms with van der Waals surface area (Å²) in [5.41, 5.74) is 0.624. The second kappa shape index (κ2) is 6.24. The third-order valence-electron chi connectivity index (χ3n) is 2.25. The molecule has 3 nitrogen and oxygen atoms in total. The molecule has 0 aliphatic rings. The summed E-state index contributed by atoms with van der Waals surface area (Å²) in [6.07, 6.45) is 4.46. The zero-order valence-electron chi connectivity index (χ0n) is 9.81. The normalized spacial score (nSPS) is 10.6. The van der Waals surface area contributed by atoms with Gasteiger partial charge in [0.05, 0.1) is 0 Å². The van der Waals surface area contributed by atoms with E-state index in [2.05, 4.69) is 26.2 Å². The lowest BCUT2D eigenvalue weighted by molar-refractivity contribution is -0.111. The maximum absolute atomic E-state index is 12.9. The largest absolute Gasteiger partial charge is 0.307 e. The summed E-state index contributed by atoms with van der Waals surface area (Å²) in [7, 11) is 0. The zero-order chi connectivity index (χ0) is 13.7. The Balaban J connectivity index is 1.99. The fraction of sp³-hybridized carbons (Fsp3) is 0. The molecule has 19 heavy (non-hydrogen) atoms. The number of nitrogens with one attached hydrogen (secondary N) is 1. The molecule has 1 heterocycles. The number of nitrogens with zero attached hydrogens (tertiary/aromatic N) is 1. The van der Waals surface area contributed by atoms with Crippen LogP contribution in [0, 0.1) is 5.82 Å². The molecule has 1 aromatic heterocycles. The van der Waals surface area contributed by atoms with Gasteiger partial charge >= 0.3 is 0 Å². The van der Waals surface area contributed by atoms with Crippen molar-refractivity contribution in [3.63, 3.8) is 0 Å². The van der Waals surface area contributed by atoms with Crippen LogP contribution in [0.5, 0.6) is 0 Å². The average molecular weight is 321 g/mol. The van der Waals surface area contributed by atoms with Gasteiger partial charge in [-0.15, -0.1) is 0 Å². The number of aromatic nitrogens is 1. The van der Waals surface area contributed by atoms with Crippen molar-refractivity contribution < 1.29 is 9.18 Å². The molecule has 1 amide bonds. The summed E-state index contributed by atoms with van der Waals surface area (Å²) < 4.78 is 13.8. The molecule has 2 rings (SSSR count). The smallest absolute Gasteiger partial charge is 0.249 e. The highest BCUT2D eigenvalue weighted by Gasteiger charge is 1.99. The van der Waals surface area contributed by atoms with E-state index in [4.69, 9.17) is 0 Å². The third-order valence-corrected chi connectivity index (χ3v) is 2.72. The number of carbonyl (C=O) groups excluding carboxylic acids is 1. The number of pyridine rings is 1. The molecule has 1 aromatic carbocycles. The van der Waals surface area contributed by atoms with Crippen molar-refractivity contribution in [1.82, 2.24) is 4.98 Å². The minimum absolute atomic E-state index is 0.320. The number of halogens is 2. The van der Waals surface area contributed by atoms with E-state index in [1.54, 1.807) is 30.5 Å². The first-order valence-electron chi connectivity index (χ1n) is 5.50. The monoisotopic (exact) mass is 320 g/mol. The lowest BCUT2D eigenvalue weighted by Crippen LogP contribution is -2.08. The van der Waals surface area contributed by atoms with Gasteiger partial charge in [-0.3, -0.25) is 4.79 Å². The number of anilines is 1. The molecule has 0 unspecified atom stereocenters. The lowest BCUT2D eigenvalue weighted by Gasteiger charge is -2.00. The summed E-state index contributed by atoms with van der Waals surface area (Å²) in [5.74, 6) is -0.201. The van der Waals surface area contributed by atoms with Crippen LogP contribution in [0.25, 0.3) is 6.08 Å². The summed E-state index contributed by atoms with van der Waals surface area (Å²) in [6, 6.07) is 9.45. The van der Waals surface area contributed by atoms with E-state index < -0.39 is 0 Å². The van der Waals surface area contributed by atoms with Gasteiger partial charge in [-0.1, -0.05) is 12.1 Å². The molecular weight excluding hydrogens is 311 g/mol. The topological polar surface area (TPSA) is 42.0 Å². The van der Waals surface area contributed by atoms with Crippen LogP contribution in [-0.2, 0) is 4.79 Å². The summed E-state index contributed by atoms with van der Waals surface area (Å²) in [4.78, 5) is 15.6. The molecular formula is C14H10BrFN2O. The van der Waals surface area contributed by atoms with E-state index in [1.165, 1.54) is 24.3 Å². The molecule has 5 heteroatoms. The Morgan fingerprint density at radius 2 is 2.16 bits per heavy atom. The number of amides is 1. The Morgan fingerprint density at radius 1 is 1.32 bits per heavy atom. The highest BCUT2D eigenvalue weighted by atomic mass is 79.9. The van der Waals surface area contributed by atoms with Crippen LogP contribution >= 0.6 is 15.9 Å². The predicted molar refractivity (Wildman–Crippen MR) is 76.0 cm³/mol. The average Bonchev–Trinajstić information content (AvgIpc) is 2.39. The molecule has 2 aromatic rings. The molecule has 0 atom stereocenters. The predicted octanol–water partition coefficient (Wildman–Crippen LogP) is 3.64. The lowest BCUT2D eigenvalue weighted by atomic mass is 10.2. The Labute approximate surface area is 118 Å². The van der Waals surface area contributed by atoms with Crippen molar-refractivity contribution in [1.29, 1.82) is 0 Å². The van der Waals surface area contributed by atoms with Crippen molar-refractivity contribution in [2.45, 2.75) is 0 Å². The van der Waals surface area contributed by atoms with Crippen LogP contribution < -0.4 is 5.32 Å². The zero-order valence-corrected chi connectivity index (χ0v) is 11.4. The first-order chi connectivity index (χ1) is 9.13. The molecule has 0 aliphatic carbocycles. The van der Waals surface area contributed by atoms with Gasteiger partial charge in [0.25, 0.3) is 0 Å². The van der Waals surface area contributed by atoms with E-state index in [9.17, 15) is 9.18 Å². The minimum Gasteiger partial charge on any atom is -0.307 e. The van der Waals surface area contributed by atoms with Crippen LogP contribution in [-0.4, -0.2) is 10.9 Å². The van der Waals surface area contributed by atoms with Gasteiger partial charge in [-0.05, 0) is 51.8 Å². The number of rotatable bonds is 3. The highest BCUT2D eigenvalue weighted by molar-refractivity contribution is 9.10. The van der Waals surface area contributed by atoms with E-state index in [-0.39, 0.29) is 11.7 Å². The van der Waals surface area contributed by atoms with Crippen LogP contribution in [0.2, 0.25) is 0 Å². The molecule has 0 spiro atoms. The Kier molecular flexibility index (Phi) is 4.41. The van der Waals surface area contributed by atoms with E-state index in [1.807, 2.05) is 0 Å². The number of hydrogen-bond acceptors (Lipinski definition) is 2. The number of benzene rings is 1. The summed E-state index contributed by atoms with van der Waals surface area (Å²) in [6.45, 7) is 0. The summed E-state index contributed by atoms with van der Waals surface area (Å²) in [5, 5.41) is 2.60. The molecule has 0 saturated heterocycles. The minimum atomic E-state index is -0.336. The maximum Gasteiger partial charge on any atom is 0.249 e. The fourth-order valence-corrected chi connectivity index (χ4v) is 1.63. The Morgan fingerprint density at radius 3 is 2.84 bits per heavy atom. The van der Waals surface area contributed by atoms with Crippen LogP contribution in [0.1, 0.15) is 5.56 Å². The van der Waals surface area contributed by atoms with Gasteiger partial charge in [0.15, 0.2) is 0 Å². The Hall–Kier alpha value is -2.01. The van der Waals surface area contributed by atoms with E-state index in [0.717, 1.165) is 4.47 Å². The molecule has 0 fully saturated rings. The summed E-state index contributed by atoms with van der Waals surface area (Å²) >= 11 is 3.26. The maximum atomic E-state index is 12.9. The molecule has 0 saturated carbocycles. The standard InChI is InChI=1S/C14H10BrFN2O/c15-11-5-6-13(17-9-11)18-14(19)7-4-10-2-1-3-12(16)8-10/h1-9H,(H,17,18,19)/b7-4+. The van der Waals surface area contributed by atoms with Crippen molar-refractivity contribution in [2.24, 2.45) is 0 Å². The van der Waals surface area contributed by atoms with E-state index in [0.29, 0.717) is 11.4 Å². The van der Waals surface area contributed by atoms with Crippen molar-refractivity contribution >= 4 is 33.7 Å². The van der Waals surface area contributed by atoms with Gasteiger partial charge in [0.2, 0.25) is 5.91 Å². The van der Waals surface area contributed by atoms with Gasteiger partial charge in [-0.2, -0.15) is 0 Å². The van der Waals surface area contributed by atoms with Crippen molar-refractivity contribution in [3.05, 3.63) is 64.5 Å². The SMILES string of the molecule is O=C(/C=C/c1cccc(F)c1)Nc1ccc(Br)cn1. The van der Waals surface area contributed by atoms with Crippen LogP contribution in [0.3, 0.4) is 0 Å². The first kappa shape index (κ1) is 13.4. The first-order valence-corrected chi connectivity index (χ1v) is 6.29. The molecule has 0 bridgehead atoms. The van der Waals surface area contributed by atoms with Gasteiger partial charge < -0.3 is 5.32 Å². The third kappa shape index (κ3) is 4.30. The van der Waals surface area contributed by atoms with Gasteiger partial charge in [0, 0.05) is 16.7 Å². The van der Waals surface area contributed by atoms with Crippen molar-refractivity contribution in [3.8, 4) is 0 Å².